The second-order valence-electron chi connectivity index (χ2n) is 9.31. The van der Waals surface area contributed by atoms with Crippen molar-refractivity contribution in [2.24, 2.45) is 5.92 Å². The number of likely N-dealkylation sites (tertiary alicyclic amines) is 1. The summed E-state index contributed by atoms with van der Waals surface area (Å²) in [5.41, 5.74) is 5.46. The maximum atomic E-state index is 12.1. The number of rotatable bonds is 2. The number of nitrogens with zero attached hydrogens (tertiary/aromatic N) is 1. The van der Waals surface area contributed by atoms with Crippen LogP contribution in [0.25, 0.3) is 0 Å². The van der Waals surface area contributed by atoms with E-state index in [0.717, 1.165) is 37.9 Å². The van der Waals surface area contributed by atoms with Crippen LogP contribution in [0.15, 0.2) is 24.3 Å². The van der Waals surface area contributed by atoms with Crippen molar-refractivity contribution in [3.63, 3.8) is 0 Å². The lowest BCUT2D eigenvalue weighted by Gasteiger charge is -2.33. The number of ether oxygens (including phenoxy) is 1. The summed E-state index contributed by atoms with van der Waals surface area (Å²) in [6.45, 7) is 14.1. The smallest absolute Gasteiger partial charge is 0.410 e. The quantitative estimate of drug-likeness (QED) is 0.534. The Morgan fingerprint density at radius 3 is 2.23 bits per heavy atom. The summed E-state index contributed by atoms with van der Waals surface area (Å²) in [6, 6.07) is 8.68. The van der Waals surface area contributed by atoms with E-state index in [4.69, 9.17) is 4.74 Å². The minimum atomic E-state index is -1.32. The molecule has 0 radical (unpaired) electrons. The summed E-state index contributed by atoms with van der Waals surface area (Å²) < 4.78 is 5.47. The monoisotopic (exact) mass is 371 g/mol. The highest BCUT2D eigenvalue weighted by molar-refractivity contribution is 6.83. The van der Waals surface area contributed by atoms with Crippen molar-refractivity contribution in [1.29, 1.82) is 0 Å². The summed E-state index contributed by atoms with van der Waals surface area (Å²) in [5, 5.41) is 0. The Bertz CT molecular complexity index is 663. The van der Waals surface area contributed by atoms with E-state index in [2.05, 4.69) is 55.4 Å². The molecule has 2 rings (SSSR count). The fourth-order valence-electron chi connectivity index (χ4n) is 2.96. The van der Waals surface area contributed by atoms with E-state index < -0.39 is 13.7 Å². The molecule has 26 heavy (non-hydrogen) atoms. The van der Waals surface area contributed by atoms with Gasteiger partial charge in [0.15, 0.2) is 0 Å². The summed E-state index contributed by atoms with van der Waals surface area (Å²) in [7, 11) is -1.32. The molecule has 0 aromatic heterocycles. The lowest BCUT2D eigenvalue weighted by Crippen LogP contribution is -2.42. The molecule has 1 saturated heterocycles. The molecule has 1 aromatic rings. The molecule has 1 aromatic carbocycles. The molecule has 0 unspecified atom stereocenters. The Balaban J connectivity index is 1.84. The topological polar surface area (TPSA) is 29.5 Å². The van der Waals surface area contributed by atoms with Gasteiger partial charge in [-0.3, -0.25) is 0 Å². The van der Waals surface area contributed by atoms with Gasteiger partial charge in [0.25, 0.3) is 0 Å². The number of hydrogen-bond acceptors (Lipinski definition) is 2. The fourth-order valence-corrected chi connectivity index (χ4v) is 3.48. The zero-order valence-electron chi connectivity index (χ0n) is 17.2. The van der Waals surface area contributed by atoms with Crippen LogP contribution in [0.3, 0.4) is 0 Å². The lowest BCUT2D eigenvalue weighted by molar-refractivity contribution is 0.0184. The fraction of sp³-hybridized carbons (Fsp3) is 0.591. The molecular weight excluding hydrogens is 338 g/mol. The molecule has 1 fully saturated rings. The Kier molecular flexibility index (Phi) is 6.57. The number of hydrogen-bond donors (Lipinski definition) is 0. The summed E-state index contributed by atoms with van der Waals surface area (Å²) in [5.74, 6) is 3.94. The normalized spacial score (nSPS) is 16.0. The molecular formula is C22H33NO2Si. The SMILES string of the molecule is CC(C)(C)OC(=O)N1CCC(Cc2ccc(C#C[Si](C)(C)C)cc2)CC1. The van der Waals surface area contributed by atoms with Crippen LogP contribution >= 0.6 is 0 Å². The van der Waals surface area contributed by atoms with Crippen LogP contribution in [-0.2, 0) is 11.2 Å². The molecule has 1 amide bonds. The van der Waals surface area contributed by atoms with Crippen molar-refractivity contribution in [3.05, 3.63) is 35.4 Å². The number of amides is 1. The van der Waals surface area contributed by atoms with E-state index >= 15 is 0 Å². The van der Waals surface area contributed by atoms with Gasteiger partial charge in [-0.05, 0) is 63.6 Å². The van der Waals surface area contributed by atoms with Crippen molar-refractivity contribution < 1.29 is 9.53 Å². The third kappa shape index (κ3) is 7.25. The Hall–Kier alpha value is -1.73. The van der Waals surface area contributed by atoms with Crippen LogP contribution in [0.5, 0.6) is 0 Å². The largest absolute Gasteiger partial charge is 0.444 e. The summed E-state index contributed by atoms with van der Waals surface area (Å²) in [6.07, 6.45) is 2.97. The third-order valence-corrected chi connectivity index (χ3v) is 5.20. The van der Waals surface area contributed by atoms with Gasteiger partial charge < -0.3 is 9.64 Å². The van der Waals surface area contributed by atoms with Crippen molar-refractivity contribution in [2.45, 2.75) is 65.3 Å². The average molecular weight is 372 g/mol. The first-order valence-corrected chi connectivity index (χ1v) is 13.1. The second-order valence-corrected chi connectivity index (χ2v) is 14.1. The predicted octanol–water partition coefficient (Wildman–Crippen LogP) is 5.11. The first-order chi connectivity index (χ1) is 12.0. The number of carbonyl (C=O) groups is 1. The van der Waals surface area contributed by atoms with Crippen molar-refractivity contribution in [2.75, 3.05) is 13.1 Å². The standard InChI is InChI=1S/C22H33NO2Si/c1-22(2,3)25-21(24)23-14-11-20(12-15-23)17-19-9-7-18(8-10-19)13-16-26(4,5)6/h7-10,20H,11-12,14-15,17H2,1-6H3. The maximum absolute atomic E-state index is 12.1. The van der Waals surface area contributed by atoms with Gasteiger partial charge in [-0.1, -0.05) is 37.7 Å². The molecule has 0 spiro atoms. The third-order valence-electron chi connectivity index (χ3n) is 4.33. The van der Waals surface area contributed by atoms with Crippen molar-refractivity contribution in [1.82, 2.24) is 4.90 Å². The molecule has 1 aliphatic rings. The predicted molar refractivity (Wildman–Crippen MR) is 111 cm³/mol. The van der Waals surface area contributed by atoms with Crippen LogP contribution in [0.2, 0.25) is 19.6 Å². The van der Waals surface area contributed by atoms with Crippen molar-refractivity contribution in [3.8, 4) is 11.5 Å². The van der Waals surface area contributed by atoms with Crippen LogP contribution in [-0.4, -0.2) is 37.8 Å². The molecule has 4 heteroatoms. The lowest BCUT2D eigenvalue weighted by atomic mass is 9.90. The number of piperidine rings is 1. The molecule has 0 N–H and O–H groups in total. The maximum Gasteiger partial charge on any atom is 0.410 e. The average Bonchev–Trinajstić information content (AvgIpc) is 2.52. The molecule has 3 nitrogen and oxygen atoms in total. The van der Waals surface area contributed by atoms with E-state index in [1.165, 1.54) is 5.56 Å². The molecule has 0 atom stereocenters. The zero-order chi connectivity index (χ0) is 19.4. The van der Waals surface area contributed by atoms with Crippen molar-refractivity contribution >= 4 is 14.2 Å². The second kappa shape index (κ2) is 8.31. The van der Waals surface area contributed by atoms with Gasteiger partial charge in [0.05, 0.1) is 0 Å². The van der Waals surface area contributed by atoms with E-state index in [1.807, 2.05) is 25.7 Å². The number of benzene rings is 1. The van der Waals surface area contributed by atoms with E-state index in [1.54, 1.807) is 0 Å². The van der Waals surface area contributed by atoms with Gasteiger partial charge in [0.1, 0.15) is 13.7 Å². The molecule has 142 valence electrons. The highest BCUT2D eigenvalue weighted by Gasteiger charge is 2.26. The number of carbonyl (C=O) groups excluding carboxylic acids is 1. The van der Waals surface area contributed by atoms with E-state index in [0.29, 0.717) is 5.92 Å². The Morgan fingerprint density at radius 1 is 1.15 bits per heavy atom. The minimum absolute atomic E-state index is 0.179. The Morgan fingerprint density at radius 2 is 1.73 bits per heavy atom. The molecule has 0 bridgehead atoms. The highest BCUT2D eigenvalue weighted by Crippen LogP contribution is 2.23. The first-order valence-electron chi connectivity index (χ1n) is 9.62. The first kappa shape index (κ1) is 20.6. The van der Waals surface area contributed by atoms with Gasteiger partial charge in [-0.15, -0.1) is 5.54 Å². The molecule has 0 saturated carbocycles. The van der Waals surface area contributed by atoms with Crippen LogP contribution < -0.4 is 0 Å². The van der Waals surface area contributed by atoms with Gasteiger partial charge in [0.2, 0.25) is 0 Å². The van der Waals surface area contributed by atoms with Crippen LogP contribution in [0.4, 0.5) is 4.79 Å². The van der Waals surface area contributed by atoms with E-state index in [-0.39, 0.29) is 6.09 Å². The molecule has 1 aliphatic heterocycles. The van der Waals surface area contributed by atoms with Crippen LogP contribution in [0, 0.1) is 17.4 Å². The minimum Gasteiger partial charge on any atom is -0.444 e. The zero-order valence-corrected chi connectivity index (χ0v) is 18.2. The van der Waals surface area contributed by atoms with E-state index in [9.17, 15) is 4.79 Å². The van der Waals surface area contributed by atoms with Gasteiger partial charge >= 0.3 is 6.09 Å². The summed E-state index contributed by atoms with van der Waals surface area (Å²) in [4.78, 5) is 14.0. The van der Waals surface area contributed by atoms with Gasteiger partial charge in [-0.2, -0.15) is 0 Å². The van der Waals surface area contributed by atoms with Gasteiger partial charge in [-0.25, -0.2) is 4.79 Å². The van der Waals surface area contributed by atoms with Gasteiger partial charge in [0, 0.05) is 18.7 Å². The molecule has 0 aliphatic carbocycles. The summed E-state index contributed by atoms with van der Waals surface area (Å²) >= 11 is 0. The highest BCUT2D eigenvalue weighted by atomic mass is 28.3. The van der Waals surface area contributed by atoms with Crippen LogP contribution in [0.1, 0.15) is 44.7 Å². The molecule has 1 heterocycles. The Labute approximate surface area is 160 Å².